The second kappa shape index (κ2) is 5.82. The molecule has 0 aromatic heterocycles. The lowest BCUT2D eigenvalue weighted by molar-refractivity contribution is 0.0200. The van der Waals surface area contributed by atoms with Gasteiger partial charge in [-0.25, -0.2) is 4.79 Å². The molecule has 1 rings (SSSR count). The molecule has 0 N–H and O–H groups in total. The molecule has 0 radical (unpaired) electrons. The molecule has 0 aliphatic heterocycles. The van der Waals surface area contributed by atoms with E-state index in [4.69, 9.17) is 18.9 Å². The van der Waals surface area contributed by atoms with Gasteiger partial charge >= 0.3 is 6.16 Å². The summed E-state index contributed by atoms with van der Waals surface area (Å²) in [5.74, 6) is 1.16. The Morgan fingerprint density at radius 2 is 1.63 bits per heavy atom. The van der Waals surface area contributed by atoms with Crippen molar-refractivity contribution >= 4 is 6.16 Å². The van der Waals surface area contributed by atoms with Crippen LogP contribution in [0.1, 0.15) is 26.3 Å². The van der Waals surface area contributed by atoms with Gasteiger partial charge in [-0.15, -0.1) is 0 Å². The van der Waals surface area contributed by atoms with Crippen LogP contribution in [-0.4, -0.2) is 26.0 Å². The SMILES string of the molecule is COc1c(C)ccc(OC(=O)OC(C)(C)C)c1OC. The lowest BCUT2D eigenvalue weighted by atomic mass is 10.2. The third-order valence-electron chi connectivity index (χ3n) is 2.26. The van der Waals surface area contributed by atoms with Gasteiger partial charge in [-0.3, -0.25) is 0 Å². The van der Waals surface area contributed by atoms with Crippen LogP contribution in [0.15, 0.2) is 12.1 Å². The van der Waals surface area contributed by atoms with E-state index in [0.29, 0.717) is 11.5 Å². The van der Waals surface area contributed by atoms with Crippen LogP contribution in [0, 0.1) is 6.92 Å². The summed E-state index contributed by atoms with van der Waals surface area (Å²) in [7, 11) is 3.02. The third-order valence-corrected chi connectivity index (χ3v) is 2.26. The van der Waals surface area contributed by atoms with Gasteiger partial charge < -0.3 is 18.9 Å². The highest BCUT2D eigenvalue weighted by atomic mass is 16.7. The molecule has 0 saturated carbocycles. The normalized spacial score (nSPS) is 10.8. The van der Waals surface area contributed by atoms with Gasteiger partial charge in [0, 0.05) is 0 Å². The van der Waals surface area contributed by atoms with Crippen LogP contribution in [0.2, 0.25) is 0 Å². The zero-order chi connectivity index (χ0) is 14.6. The van der Waals surface area contributed by atoms with E-state index >= 15 is 0 Å². The van der Waals surface area contributed by atoms with Gasteiger partial charge in [0.1, 0.15) is 5.60 Å². The maximum Gasteiger partial charge on any atom is 0.514 e. The van der Waals surface area contributed by atoms with Gasteiger partial charge in [0.15, 0.2) is 11.5 Å². The minimum atomic E-state index is -0.781. The molecule has 0 saturated heterocycles. The van der Waals surface area contributed by atoms with Gasteiger partial charge in [0.2, 0.25) is 5.75 Å². The molecule has 0 bridgehead atoms. The molecule has 19 heavy (non-hydrogen) atoms. The number of hydrogen-bond donors (Lipinski definition) is 0. The topological polar surface area (TPSA) is 54.0 Å². The quantitative estimate of drug-likeness (QED) is 0.621. The summed E-state index contributed by atoms with van der Waals surface area (Å²) in [5.41, 5.74) is 0.273. The van der Waals surface area contributed by atoms with Gasteiger partial charge in [-0.05, 0) is 39.3 Å². The van der Waals surface area contributed by atoms with Crippen molar-refractivity contribution in [3.8, 4) is 17.2 Å². The van der Waals surface area contributed by atoms with E-state index in [1.807, 2.05) is 6.92 Å². The summed E-state index contributed by atoms with van der Waals surface area (Å²) in [5, 5.41) is 0. The minimum Gasteiger partial charge on any atom is -0.492 e. The first-order chi connectivity index (χ1) is 8.78. The van der Waals surface area contributed by atoms with Crippen LogP contribution >= 0.6 is 0 Å². The molecule has 1 aromatic rings. The van der Waals surface area contributed by atoms with Crippen LogP contribution in [0.5, 0.6) is 17.2 Å². The van der Waals surface area contributed by atoms with Crippen LogP contribution in [0.3, 0.4) is 0 Å². The Kier molecular flexibility index (Phi) is 4.64. The predicted octanol–water partition coefficient (Wildman–Crippen LogP) is 3.33. The molecule has 0 fully saturated rings. The van der Waals surface area contributed by atoms with Gasteiger partial charge in [0.25, 0.3) is 0 Å². The summed E-state index contributed by atoms with van der Waals surface area (Å²) >= 11 is 0. The van der Waals surface area contributed by atoms with E-state index in [0.717, 1.165) is 5.56 Å². The summed E-state index contributed by atoms with van der Waals surface area (Å²) in [6.45, 7) is 7.17. The van der Waals surface area contributed by atoms with Crippen molar-refractivity contribution in [1.29, 1.82) is 0 Å². The van der Waals surface area contributed by atoms with Gasteiger partial charge in [0.05, 0.1) is 14.2 Å². The van der Waals surface area contributed by atoms with Gasteiger partial charge in [-0.1, -0.05) is 6.07 Å². The largest absolute Gasteiger partial charge is 0.514 e. The average Bonchev–Trinajstić information content (AvgIpc) is 2.28. The monoisotopic (exact) mass is 268 g/mol. The summed E-state index contributed by atoms with van der Waals surface area (Å²) in [6, 6.07) is 3.42. The van der Waals surface area contributed by atoms with E-state index < -0.39 is 11.8 Å². The number of carbonyl (C=O) groups is 1. The number of carbonyl (C=O) groups excluding carboxylic acids is 1. The van der Waals surface area contributed by atoms with Crippen molar-refractivity contribution in [2.45, 2.75) is 33.3 Å². The zero-order valence-electron chi connectivity index (χ0n) is 12.2. The van der Waals surface area contributed by atoms with E-state index in [2.05, 4.69) is 0 Å². The second-order valence-corrected chi connectivity index (χ2v) is 5.01. The third kappa shape index (κ3) is 4.05. The van der Waals surface area contributed by atoms with E-state index in [1.54, 1.807) is 32.9 Å². The lowest BCUT2D eigenvalue weighted by Gasteiger charge is -2.20. The van der Waals surface area contributed by atoms with Crippen molar-refractivity contribution < 1.29 is 23.7 Å². The van der Waals surface area contributed by atoms with E-state index in [9.17, 15) is 4.79 Å². The fourth-order valence-electron chi connectivity index (χ4n) is 1.53. The minimum absolute atomic E-state index is 0.263. The molecular formula is C14H20O5. The molecule has 0 amide bonds. The number of methoxy groups -OCH3 is 2. The second-order valence-electron chi connectivity index (χ2n) is 5.01. The molecule has 106 valence electrons. The zero-order valence-corrected chi connectivity index (χ0v) is 12.2. The fraction of sp³-hybridized carbons (Fsp3) is 0.500. The Bertz CT molecular complexity index is 460. The van der Waals surface area contributed by atoms with Gasteiger partial charge in [-0.2, -0.15) is 0 Å². The maximum atomic E-state index is 11.6. The molecule has 0 heterocycles. The number of hydrogen-bond acceptors (Lipinski definition) is 5. The molecular weight excluding hydrogens is 248 g/mol. The van der Waals surface area contributed by atoms with Crippen molar-refractivity contribution in [1.82, 2.24) is 0 Å². The lowest BCUT2D eigenvalue weighted by Crippen LogP contribution is -2.26. The van der Waals surface area contributed by atoms with Crippen molar-refractivity contribution in [2.75, 3.05) is 14.2 Å². The molecule has 5 nitrogen and oxygen atoms in total. The summed E-state index contributed by atoms with van der Waals surface area (Å²) in [4.78, 5) is 11.6. The predicted molar refractivity (Wildman–Crippen MR) is 71.1 cm³/mol. The van der Waals surface area contributed by atoms with E-state index in [1.165, 1.54) is 14.2 Å². The Balaban J connectivity index is 2.99. The van der Waals surface area contributed by atoms with Crippen molar-refractivity contribution in [3.05, 3.63) is 17.7 Å². The molecule has 0 spiro atoms. The Morgan fingerprint density at radius 1 is 1.05 bits per heavy atom. The first-order valence-electron chi connectivity index (χ1n) is 5.91. The van der Waals surface area contributed by atoms with E-state index in [-0.39, 0.29) is 5.75 Å². The van der Waals surface area contributed by atoms with Crippen LogP contribution in [-0.2, 0) is 4.74 Å². The Labute approximate surface area is 113 Å². The Morgan fingerprint density at radius 3 is 2.11 bits per heavy atom. The Hall–Kier alpha value is -1.91. The first kappa shape index (κ1) is 15.1. The highest BCUT2D eigenvalue weighted by Gasteiger charge is 2.21. The standard InChI is InChI=1S/C14H20O5/c1-9-7-8-10(12(17-6)11(9)16-5)18-13(15)19-14(2,3)4/h7-8H,1-6H3. The molecule has 0 aliphatic rings. The number of ether oxygens (including phenoxy) is 4. The first-order valence-corrected chi connectivity index (χ1v) is 5.91. The highest BCUT2D eigenvalue weighted by Crippen LogP contribution is 2.39. The highest BCUT2D eigenvalue weighted by molar-refractivity contribution is 5.67. The number of aryl methyl sites for hydroxylation is 1. The molecule has 5 heteroatoms. The van der Waals surface area contributed by atoms with Crippen molar-refractivity contribution in [2.24, 2.45) is 0 Å². The number of rotatable bonds is 3. The molecule has 0 unspecified atom stereocenters. The average molecular weight is 268 g/mol. The summed E-state index contributed by atoms with van der Waals surface area (Å²) in [6.07, 6.45) is -0.781. The molecule has 0 atom stereocenters. The smallest absolute Gasteiger partial charge is 0.492 e. The maximum absolute atomic E-state index is 11.6. The van der Waals surface area contributed by atoms with Crippen LogP contribution in [0.25, 0.3) is 0 Å². The summed E-state index contributed by atoms with van der Waals surface area (Å²) < 4.78 is 20.7. The fourth-order valence-corrected chi connectivity index (χ4v) is 1.53. The number of benzene rings is 1. The van der Waals surface area contributed by atoms with Crippen LogP contribution < -0.4 is 14.2 Å². The van der Waals surface area contributed by atoms with Crippen LogP contribution in [0.4, 0.5) is 4.79 Å². The molecule has 1 aromatic carbocycles. The van der Waals surface area contributed by atoms with Crippen molar-refractivity contribution in [3.63, 3.8) is 0 Å². The molecule has 0 aliphatic carbocycles.